The molecule has 0 radical (unpaired) electrons. The van der Waals surface area contributed by atoms with Crippen LogP contribution in [0.5, 0.6) is 0 Å². The third-order valence-corrected chi connectivity index (χ3v) is 8.73. The van der Waals surface area contributed by atoms with Crippen LogP contribution in [0.25, 0.3) is 71.6 Å². The van der Waals surface area contributed by atoms with Crippen LogP contribution >= 0.6 is 0 Å². The molecule has 0 saturated heterocycles. The molecule has 1 heterocycles. The first-order chi connectivity index (χ1) is 21.8. The van der Waals surface area contributed by atoms with E-state index in [-0.39, 0.29) is 0 Å². The van der Waals surface area contributed by atoms with Crippen LogP contribution in [0.4, 0.5) is 0 Å². The minimum absolute atomic E-state index is 0.942. The second kappa shape index (κ2) is 11.0. The van der Waals surface area contributed by atoms with Crippen LogP contribution < -0.4 is 0 Å². The number of para-hydroxylation sites is 2. The van der Waals surface area contributed by atoms with Gasteiger partial charge in [-0.1, -0.05) is 134 Å². The standard InChI is InChI=1S/C42H32N2/c1-2-14-40-43-38-23-12-13-24-39(38)44(40)31-27-25-30(26-28-31)41-34-19-8-10-21-36(34)42(37-22-11-9-20-35(37)41)33-18-7-6-17-32(33)29-15-4-3-5-16-29/h3-13,15-28H,2,14H2,1H3. The zero-order valence-electron chi connectivity index (χ0n) is 24.7. The maximum absolute atomic E-state index is 4.97. The molecule has 8 aromatic rings. The SMILES string of the molecule is CCCc1nc2ccccc2n1-c1ccc(-c2c3ccccc3c(-c3ccccc3-c3ccccc3)c3ccccc23)cc1. The predicted octanol–water partition coefficient (Wildman–Crippen LogP) is 11.3. The van der Waals surface area contributed by atoms with Crippen molar-refractivity contribution in [3.63, 3.8) is 0 Å². The van der Waals surface area contributed by atoms with Crippen molar-refractivity contribution >= 4 is 32.6 Å². The van der Waals surface area contributed by atoms with Gasteiger partial charge >= 0.3 is 0 Å². The molecule has 0 saturated carbocycles. The number of aromatic nitrogens is 2. The fourth-order valence-electron chi connectivity index (χ4n) is 6.83. The fourth-order valence-corrected chi connectivity index (χ4v) is 6.83. The number of benzene rings is 7. The summed E-state index contributed by atoms with van der Waals surface area (Å²) in [6.45, 7) is 2.21. The Balaban J connectivity index is 1.35. The molecule has 0 aliphatic heterocycles. The van der Waals surface area contributed by atoms with Gasteiger partial charge in [-0.05, 0) is 85.6 Å². The van der Waals surface area contributed by atoms with Crippen LogP contribution in [0.1, 0.15) is 19.2 Å². The highest BCUT2D eigenvalue weighted by molar-refractivity contribution is 6.22. The predicted molar refractivity (Wildman–Crippen MR) is 186 cm³/mol. The molecule has 0 bridgehead atoms. The van der Waals surface area contributed by atoms with Crippen molar-refractivity contribution in [1.82, 2.24) is 9.55 Å². The Labute approximate surface area is 257 Å². The van der Waals surface area contributed by atoms with Gasteiger partial charge in [0, 0.05) is 12.1 Å². The summed E-state index contributed by atoms with van der Waals surface area (Å²) in [6, 6.07) is 54.8. The molecule has 0 amide bonds. The summed E-state index contributed by atoms with van der Waals surface area (Å²) < 4.78 is 2.32. The molecule has 7 aromatic carbocycles. The topological polar surface area (TPSA) is 17.8 Å². The van der Waals surface area contributed by atoms with Crippen molar-refractivity contribution in [3.8, 4) is 39.1 Å². The average Bonchev–Trinajstić information content (AvgIpc) is 3.46. The number of nitrogens with zero attached hydrogens (tertiary/aromatic N) is 2. The molecule has 210 valence electrons. The van der Waals surface area contributed by atoms with E-state index in [1.54, 1.807) is 0 Å². The van der Waals surface area contributed by atoms with Crippen molar-refractivity contribution < 1.29 is 0 Å². The molecule has 0 aliphatic rings. The minimum Gasteiger partial charge on any atom is -0.296 e. The third-order valence-electron chi connectivity index (χ3n) is 8.73. The molecular weight excluding hydrogens is 532 g/mol. The van der Waals surface area contributed by atoms with E-state index in [1.807, 2.05) is 0 Å². The summed E-state index contributed by atoms with van der Waals surface area (Å²) in [5.74, 6) is 1.11. The van der Waals surface area contributed by atoms with Crippen LogP contribution in [0.3, 0.4) is 0 Å². The zero-order valence-corrected chi connectivity index (χ0v) is 24.7. The average molecular weight is 565 g/mol. The van der Waals surface area contributed by atoms with E-state index in [0.29, 0.717) is 0 Å². The quantitative estimate of drug-likeness (QED) is 0.184. The number of hydrogen-bond donors (Lipinski definition) is 0. The lowest BCUT2D eigenvalue weighted by Gasteiger charge is -2.20. The Kier molecular flexibility index (Phi) is 6.53. The Morgan fingerprint density at radius 1 is 0.477 bits per heavy atom. The van der Waals surface area contributed by atoms with Crippen molar-refractivity contribution in [3.05, 3.63) is 157 Å². The number of fused-ring (bicyclic) bond motifs is 3. The lowest BCUT2D eigenvalue weighted by Crippen LogP contribution is -2.01. The van der Waals surface area contributed by atoms with Crippen molar-refractivity contribution in [1.29, 1.82) is 0 Å². The maximum Gasteiger partial charge on any atom is 0.114 e. The fraction of sp³-hybridized carbons (Fsp3) is 0.0714. The van der Waals surface area contributed by atoms with Gasteiger partial charge in [0.2, 0.25) is 0 Å². The van der Waals surface area contributed by atoms with E-state index in [0.717, 1.165) is 35.4 Å². The molecule has 0 spiro atoms. The first-order valence-corrected chi connectivity index (χ1v) is 15.5. The Hall–Kier alpha value is -5.47. The minimum atomic E-state index is 0.942. The van der Waals surface area contributed by atoms with E-state index in [1.165, 1.54) is 54.9 Å². The van der Waals surface area contributed by atoms with E-state index in [4.69, 9.17) is 4.98 Å². The second-order valence-electron chi connectivity index (χ2n) is 11.4. The molecule has 0 aliphatic carbocycles. The van der Waals surface area contributed by atoms with Gasteiger partial charge in [-0.15, -0.1) is 0 Å². The molecule has 8 rings (SSSR count). The van der Waals surface area contributed by atoms with Crippen LogP contribution in [0, 0.1) is 0 Å². The molecule has 2 nitrogen and oxygen atoms in total. The highest BCUT2D eigenvalue weighted by atomic mass is 15.1. The Morgan fingerprint density at radius 2 is 1.02 bits per heavy atom. The van der Waals surface area contributed by atoms with E-state index >= 15 is 0 Å². The van der Waals surface area contributed by atoms with Crippen LogP contribution in [0.15, 0.2) is 152 Å². The van der Waals surface area contributed by atoms with Crippen molar-refractivity contribution in [2.45, 2.75) is 19.8 Å². The Morgan fingerprint density at radius 3 is 1.68 bits per heavy atom. The number of imidazole rings is 1. The first-order valence-electron chi connectivity index (χ1n) is 15.5. The lowest BCUT2D eigenvalue weighted by molar-refractivity contribution is 0.818. The number of hydrogen-bond acceptors (Lipinski definition) is 1. The van der Waals surface area contributed by atoms with Gasteiger partial charge in [0.25, 0.3) is 0 Å². The van der Waals surface area contributed by atoms with Gasteiger partial charge in [-0.25, -0.2) is 4.98 Å². The highest BCUT2D eigenvalue weighted by Crippen LogP contribution is 2.46. The summed E-state index contributed by atoms with van der Waals surface area (Å²) in [5.41, 5.74) is 10.8. The molecule has 1 aromatic heterocycles. The first kappa shape index (κ1) is 26.2. The summed E-state index contributed by atoms with van der Waals surface area (Å²) in [4.78, 5) is 4.97. The normalized spacial score (nSPS) is 11.5. The summed E-state index contributed by atoms with van der Waals surface area (Å²) in [7, 11) is 0. The molecular formula is C42H32N2. The largest absolute Gasteiger partial charge is 0.296 e. The van der Waals surface area contributed by atoms with Crippen molar-refractivity contribution in [2.75, 3.05) is 0 Å². The molecule has 2 heteroatoms. The molecule has 44 heavy (non-hydrogen) atoms. The molecule has 0 fully saturated rings. The van der Waals surface area contributed by atoms with Crippen LogP contribution in [-0.2, 0) is 6.42 Å². The van der Waals surface area contributed by atoms with Gasteiger partial charge < -0.3 is 0 Å². The maximum atomic E-state index is 4.97. The molecule has 0 unspecified atom stereocenters. The third kappa shape index (κ3) is 4.30. The molecule has 0 N–H and O–H groups in total. The van der Waals surface area contributed by atoms with Gasteiger partial charge in [-0.3, -0.25) is 4.57 Å². The summed E-state index contributed by atoms with van der Waals surface area (Å²) >= 11 is 0. The summed E-state index contributed by atoms with van der Waals surface area (Å²) in [5, 5.41) is 5.05. The molecule has 0 atom stereocenters. The number of rotatable bonds is 6. The lowest BCUT2D eigenvalue weighted by atomic mass is 9.84. The smallest absolute Gasteiger partial charge is 0.114 e. The van der Waals surface area contributed by atoms with Crippen LogP contribution in [-0.4, -0.2) is 9.55 Å². The van der Waals surface area contributed by atoms with Crippen molar-refractivity contribution in [2.24, 2.45) is 0 Å². The van der Waals surface area contributed by atoms with Gasteiger partial charge in [0.05, 0.1) is 11.0 Å². The highest BCUT2D eigenvalue weighted by Gasteiger charge is 2.19. The van der Waals surface area contributed by atoms with Gasteiger partial charge in [0.15, 0.2) is 0 Å². The van der Waals surface area contributed by atoms with E-state index in [9.17, 15) is 0 Å². The van der Waals surface area contributed by atoms with Gasteiger partial charge in [0.1, 0.15) is 5.82 Å². The zero-order chi connectivity index (χ0) is 29.5. The van der Waals surface area contributed by atoms with E-state index in [2.05, 4.69) is 163 Å². The number of aryl methyl sites for hydroxylation is 1. The summed E-state index contributed by atoms with van der Waals surface area (Å²) in [6.07, 6.45) is 2.00. The van der Waals surface area contributed by atoms with Gasteiger partial charge in [-0.2, -0.15) is 0 Å². The monoisotopic (exact) mass is 564 g/mol. The second-order valence-corrected chi connectivity index (χ2v) is 11.4. The van der Waals surface area contributed by atoms with E-state index < -0.39 is 0 Å². The Bertz CT molecular complexity index is 2220. The van der Waals surface area contributed by atoms with Crippen LogP contribution in [0.2, 0.25) is 0 Å².